The normalized spacial score (nSPS) is 10.6. The lowest BCUT2D eigenvalue weighted by atomic mass is 11.4. The summed E-state index contributed by atoms with van der Waals surface area (Å²) in [6.45, 7) is 0. The van der Waals surface area contributed by atoms with Crippen LogP contribution in [0.1, 0.15) is 0 Å². The van der Waals surface area contributed by atoms with Crippen molar-refractivity contribution >= 4 is 13.6 Å². The first-order valence-electron chi connectivity index (χ1n) is 2.01. The van der Waals surface area contributed by atoms with Crippen molar-refractivity contribution in [3.05, 3.63) is 0 Å². The van der Waals surface area contributed by atoms with Gasteiger partial charge in [-0.15, -0.1) is 6.42 Å². The Balaban J connectivity index is 4.06. The molecule has 0 aromatic rings. The smallest absolute Gasteiger partial charge is 0.190 e. The zero-order valence-electron chi connectivity index (χ0n) is 5.05. The molecule has 0 fully saturated rings. The van der Waals surface area contributed by atoms with E-state index in [1.165, 1.54) is 14.2 Å². The number of hydrogen-bond acceptors (Lipinski definition) is 2. The molecule has 0 heterocycles. The van der Waals surface area contributed by atoms with Gasteiger partial charge in [0.2, 0.25) is 0 Å². The molecule has 46 valence electrons. The molecule has 0 aromatic carbocycles. The highest BCUT2D eigenvalue weighted by molar-refractivity contribution is 7.69. The van der Waals surface area contributed by atoms with Crippen LogP contribution in [0.5, 0.6) is 0 Å². The summed E-state index contributed by atoms with van der Waals surface area (Å²) in [5, 5.41) is 0. The first-order chi connectivity index (χ1) is 3.68. The molecule has 0 aromatic heterocycles. The second-order valence-electron chi connectivity index (χ2n) is 1.17. The molecule has 0 saturated heterocycles. The van der Waals surface area contributed by atoms with Crippen molar-refractivity contribution in [3.8, 4) is 12.1 Å². The first-order valence-corrected chi connectivity index (χ1v) is 3.82. The van der Waals surface area contributed by atoms with Gasteiger partial charge in [-0.25, -0.2) is 0 Å². The topological polar surface area (TPSA) is 18.5 Å². The van der Waals surface area contributed by atoms with Crippen molar-refractivity contribution in [2.45, 2.75) is 0 Å². The lowest BCUT2D eigenvalue weighted by Gasteiger charge is -2.10. The van der Waals surface area contributed by atoms with E-state index >= 15 is 0 Å². The van der Waals surface area contributed by atoms with E-state index in [1.54, 1.807) is 0 Å². The van der Waals surface area contributed by atoms with Crippen molar-refractivity contribution in [1.82, 2.24) is 0 Å². The van der Waals surface area contributed by atoms with Gasteiger partial charge in [0.1, 0.15) is 0 Å². The maximum atomic E-state index is 5.01. The van der Waals surface area contributed by atoms with Gasteiger partial charge in [-0.2, -0.15) is 0 Å². The molecule has 0 rings (SSSR count). The van der Waals surface area contributed by atoms with E-state index in [-0.39, 0.29) is 0 Å². The van der Waals surface area contributed by atoms with Gasteiger partial charge in [-0.1, -0.05) is 0 Å². The van der Waals surface area contributed by atoms with Crippen molar-refractivity contribution < 1.29 is 9.05 Å². The van der Waals surface area contributed by atoms with Crippen molar-refractivity contribution in [2.75, 3.05) is 14.2 Å². The summed E-state index contributed by atoms with van der Waals surface area (Å²) < 4.78 is 9.56. The van der Waals surface area contributed by atoms with Crippen LogP contribution in [-0.4, -0.2) is 20.5 Å². The van der Waals surface area contributed by atoms with E-state index in [9.17, 15) is 0 Å². The summed E-state index contributed by atoms with van der Waals surface area (Å²) in [5.74, 6) is 0. The zero-order chi connectivity index (χ0) is 6.62. The fourth-order valence-electron chi connectivity index (χ4n) is 0.180. The van der Waals surface area contributed by atoms with Crippen LogP contribution < -0.4 is 0 Å². The molecular weight excluding hydrogens is 123 g/mol. The molecule has 0 bridgehead atoms. The fourth-order valence-corrected chi connectivity index (χ4v) is 0.540. The fraction of sp³-hybridized carbons (Fsp3) is 0.400. The molecule has 0 aliphatic rings. The molecule has 0 aliphatic heterocycles. The average Bonchev–Trinajstić information content (AvgIpc) is 1.87. The van der Waals surface area contributed by atoms with E-state index in [0.29, 0.717) is 0 Å². The van der Waals surface area contributed by atoms with Crippen molar-refractivity contribution in [3.63, 3.8) is 0 Å². The molecule has 8 heavy (non-hydrogen) atoms. The van der Waals surface area contributed by atoms with Crippen LogP contribution in [0.4, 0.5) is 0 Å². The summed E-state index contributed by atoms with van der Waals surface area (Å²) >= 11 is 0. The number of terminal acetylenes is 1. The van der Waals surface area contributed by atoms with Crippen LogP contribution in [0, 0.1) is 12.1 Å². The largest absolute Gasteiger partial charge is 0.332 e. The summed E-state index contributed by atoms with van der Waals surface area (Å²) in [6, 6.07) is 0. The molecule has 0 atom stereocenters. The van der Waals surface area contributed by atoms with Crippen LogP contribution >= 0.6 is 7.34 Å². The van der Waals surface area contributed by atoms with Crippen LogP contribution in [0.15, 0.2) is 0 Å². The quantitative estimate of drug-likeness (QED) is 0.414. The molecule has 0 aliphatic carbocycles. The molecule has 0 saturated carbocycles. The first kappa shape index (κ1) is 7.78. The van der Waals surface area contributed by atoms with Gasteiger partial charge < -0.3 is 9.05 Å². The van der Waals surface area contributed by atoms with Gasteiger partial charge in [-0.05, 0) is 12.0 Å². The van der Waals surface area contributed by atoms with Gasteiger partial charge in [-0.3, -0.25) is 0 Å². The second-order valence-corrected chi connectivity index (χ2v) is 3.50. The predicted molar refractivity (Wildman–Crippen MR) is 36.9 cm³/mol. The van der Waals surface area contributed by atoms with E-state index in [2.05, 4.69) is 12.0 Å². The maximum Gasteiger partial charge on any atom is 0.190 e. The predicted octanol–water partition coefficient (Wildman–Crippen LogP) is 1.15. The number of rotatable bonds is 2. The zero-order valence-corrected chi connectivity index (χ0v) is 5.94. The third kappa shape index (κ3) is 1.71. The molecule has 0 unspecified atom stereocenters. The molecule has 0 amide bonds. The Kier molecular flexibility index (Phi) is 2.86. The Hall–Kier alpha value is -0.220. The third-order valence-corrected chi connectivity index (χ3v) is 2.36. The van der Waals surface area contributed by atoms with E-state index in [1.807, 2.05) is 0 Å². The van der Waals surface area contributed by atoms with Crippen LogP contribution in [0.2, 0.25) is 0 Å². The Morgan fingerprint density at radius 3 is 1.88 bits per heavy atom. The lowest BCUT2D eigenvalue weighted by molar-refractivity contribution is 0.346. The van der Waals surface area contributed by atoms with Crippen LogP contribution in [-0.2, 0) is 9.05 Å². The highest BCUT2D eigenvalue weighted by Gasteiger charge is 2.03. The van der Waals surface area contributed by atoms with Crippen molar-refractivity contribution in [1.29, 1.82) is 0 Å². The Morgan fingerprint density at radius 2 is 1.88 bits per heavy atom. The molecule has 2 nitrogen and oxygen atoms in total. The minimum atomic E-state index is -2.13. The summed E-state index contributed by atoms with van der Waals surface area (Å²) in [6.07, 6.45) is 8.57. The van der Waals surface area contributed by atoms with E-state index in [4.69, 9.17) is 15.5 Å². The summed E-state index contributed by atoms with van der Waals surface area (Å²) in [7, 11) is 0.846. The Bertz CT molecular complexity index is 137. The minimum absolute atomic E-state index is 1.49. The Morgan fingerprint density at radius 1 is 1.50 bits per heavy atom. The lowest BCUT2D eigenvalue weighted by Crippen LogP contribution is -1.82. The molecule has 0 radical (unpaired) electrons. The standard InChI is InChI=1S/C5H9O2P/c1-5-8(4,6-2)7-3/h1H,4H2,2-3H3. The maximum absolute atomic E-state index is 5.01. The summed E-state index contributed by atoms with van der Waals surface area (Å²) in [5.41, 5.74) is 2.33. The average molecular weight is 132 g/mol. The SMILES string of the molecule is C#CP(=C)(OC)OC. The third-order valence-electron chi connectivity index (χ3n) is 0.787. The van der Waals surface area contributed by atoms with E-state index in [0.717, 1.165) is 0 Å². The van der Waals surface area contributed by atoms with Gasteiger partial charge >= 0.3 is 0 Å². The van der Waals surface area contributed by atoms with Gasteiger partial charge in [0.15, 0.2) is 7.34 Å². The highest BCUT2D eigenvalue weighted by Crippen LogP contribution is 2.43. The molecular formula is C5H9O2P. The van der Waals surface area contributed by atoms with Gasteiger partial charge in [0.05, 0.1) is 0 Å². The number of hydrogen-bond donors (Lipinski definition) is 0. The van der Waals surface area contributed by atoms with Crippen molar-refractivity contribution in [2.24, 2.45) is 0 Å². The summed E-state index contributed by atoms with van der Waals surface area (Å²) in [4.78, 5) is 0. The second kappa shape index (κ2) is 2.94. The van der Waals surface area contributed by atoms with Crippen LogP contribution in [0.25, 0.3) is 0 Å². The molecule has 3 heteroatoms. The van der Waals surface area contributed by atoms with E-state index < -0.39 is 7.34 Å². The molecule has 0 N–H and O–H groups in total. The highest BCUT2D eigenvalue weighted by atomic mass is 31.2. The van der Waals surface area contributed by atoms with Crippen LogP contribution in [0.3, 0.4) is 0 Å². The molecule has 0 spiro atoms. The monoisotopic (exact) mass is 132 g/mol. The Labute approximate surface area is 49.9 Å². The minimum Gasteiger partial charge on any atom is -0.332 e. The van der Waals surface area contributed by atoms with Gasteiger partial charge in [0.25, 0.3) is 0 Å². The van der Waals surface area contributed by atoms with Gasteiger partial charge in [0, 0.05) is 14.2 Å².